The van der Waals surface area contributed by atoms with E-state index in [1.165, 1.54) is 12.1 Å². The lowest BCUT2D eigenvalue weighted by Crippen LogP contribution is -2.08. The van der Waals surface area contributed by atoms with Gasteiger partial charge in [0, 0.05) is 6.07 Å². The van der Waals surface area contributed by atoms with Gasteiger partial charge in [0.15, 0.2) is 4.67 Å². The normalized spacial score (nSPS) is 12.4. The van der Waals surface area contributed by atoms with Gasteiger partial charge >= 0.3 is 0 Å². The molecule has 0 saturated heterocycles. The van der Waals surface area contributed by atoms with Crippen molar-refractivity contribution >= 4 is 15.9 Å². The van der Waals surface area contributed by atoms with Gasteiger partial charge in [-0.2, -0.15) is 0 Å². The van der Waals surface area contributed by atoms with Gasteiger partial charge in [-0.3, -0.25) is 0 Å². The minimum atomic E-state index is -0.885. The van der Waals surface area contributed by atoms with Crippen LogP contribution >= 0.6 is 15.9 Å². The van der Waals surface area contributed by atoms with Crippen molar-refractivity contribution in [1.29, 1.82) is 0 Å². The Morgan fingerprint density at radius 3 is 2.82 bits per heavy atom. The molecule has 1 aromatic carbocycles. The highest BCUT2D eigenvalue weighted by Crippen LogP contribution is 2.21. The zero-order chi connectivity index (χ0) is 12.3. The number of halogens is 2. The van der Waals surface area contributed by atoms with Crippen LogP contribution in [0.5, 0.6) is 5.75 Å². The molecular weight excluding hydrogens is 291 g/mol. The monoisotopic (exact) mass is 300 g/mol. The van der Waals surface area contributed by atoms with Crippen LogP contribution < -0.4 is 4.74 Å². The van der Waals surface area contributed by atoms with Crippen molar-refractivity contribution in [3.63, 3.8) is 0 Å². The second-order valence-corrected chi connectivity index (χ2v) is 4.21. The van der Waals surface area contributed by atoms with Gasteiger partial charge in [0.2, 0.25) is 0 Å². The number of hydrogen-bond acceptors (Lipinski definition) is 3. The van der Waals surface area contributed by atoms with Gasteiger partial charge in [-0.05, 0) is 40.2 Å². The summed E-state index contributed by atoms with van der Waals surface area (Å²) in [7, 11) is 0. The van der Waals surface area contributed by atoms with E-state index in [-0.39, 0.29) is 12.4 Å². The summed E-state index contributed by atoms with van der Waals surface area (Å²) in [6.07, 6.45) is -0.885. The Kier molecular flexibility index (Phi) is 3.81. The molecule has 2 rings (SSSR count). The van der Waals surface area contributed by atoms with E-state index >= 15 is 0 Å². The highest BCUT2D eigenvalue weighted by molar-refractivity contribution is 9.10. The van der Waals surface area contributed by atoms with E-state index in [0.29, 0.717) is 16.2 Å². The Bertz CT molecular complexity index is 498. The molecule has 0 aliphatic rings. The fourth-order valence-corrected chi connectivity index (χ4v) is 1.64. The van der Waals surface area contributed by atoms with Gasteiger partial charge in [0.05, 0.1) is 0 Å². The molecule has 0 fully saturated rings. The number of furan rings is 1. The lowest BCUT2D eigenvalue weighted by molar-refractivity contribution is 0.0878. The summed E-state index contributed by atoms with van der Waals surface area (Å²) in [6.45, 7) is 0.00338. The molecular formula is C12H10BrFO3. The van der Waals surface area contributed by atoms with E-state index in [1.807, 2.05) is 0 Å². The maximum Gasteiger partial charge on any atom is 0.169 e. The standard InChI is InChI=1S/C12H10BrFO3/c13-12-5-4-11(17-12)10(15)7-16-9-3-1-2-8(14)6-9/h1-6,10,15H,7H2. The molecule has 0 amide bonds. The summed E-state index contributed by atoms with van der Waals surface area (Å²) in [4.78, 5) is 0. The predicted octanol–water partition coefficient (Wildman–Crippen LogP) is 3.29. The van der Waals surface area contributed by atoms with E-state index in [0.717, 1.165) is 0 Å². The maximum absolute atomic E-state index is 12.9. The van der Waals surface area contributed by atoms with Crippen LogP contribution in [0.2, 0.25) is 0 Å². The zero-order valence-corrected chi connectivity index (χ0v) is 10.4. The van der Waals surface area contributed by atoms with Crippen LogP contribution in [0.1, 0.15) is 11.9 Å². The number of ether oxygens (including phenoxy) is 1. The van der Waals surface area contributed by atoms with Gasteiger partial charge in [-0.25, -0.2) is 4.39 Å². The maximum atomic E-state index is 12.9. The molecule has 1 atom stereocenters. The first-order chi connectivity index (χ1) is 8.15. The van der Waals surface area contributed by atoms with Gasteiger partial charge < -0.3 is 14.3 Å². The molecule has 2 aromatic rings. The molecule has 0 saturated carbocycles. The average molecular weight is 301 g/mol. The number of benzene rings is 1. The fraction of sp³-hybridized carbons (Fsp3) is 0.167. The Morgan fingerprint density at radius 1 is 1.35 bits per heavy atom. The van der Waals surface area contributed by atoms with Crippen molar-refractivity contribution in [3.8, 4) is 5.75 Å². The summed E-state index contributed by atoms with van der Waals surface area (Å²) >= 11 is 3.14. The molecule has 1 heterocycles. The van der Waals surface area contributed by atoms with Crippen LogP contribution in [0.25, 0.3) is 0 Å². The van der Waals surface area contributed by atoms with Crippen LogP contribution in [0.4, 0.5) is 4.39 Å². The first kappa shape index (κ1) is 12.1. The molecule has 0 aliphatic carbocycles. The van der Waals surface area contributed by atoms with E-state index in [4.69, 9.17) is 9.15 Å². The number of aliphatic hydroxyl groups is 1. The first-order valence-corrected chi connectivity index (χ1v) is 5.76. The zero-order valence-electron chi connectivity index (χ0n) is 8.77. The second-order valence-electron chi connectivity index (χ2n) is 3.43. The van der Waals surface area contributed by atoms with Crippen molar-refractivity contribution < 1.29 is 18.7 Å². The Balaban J connectivity index is 1.94. The van der Waals surface area contributed by atoms with Crippen LogP contribution in [-0.4, -0.2) is 11.7 Å². The lowest BCUT2D eigenvalue weighted by atomic mass is 10.3. The quantitative estimate of drug-likeness (QED) is 0.942. The average Bonchev–Trinajstić information content (AvgIpc) is 2.73. The number of hydrogen-bond donors (Lipinski definition) is 1. The molecule has 3 nitrogen and oxygen atoms in total. The van der Waals surface area contributed by atoms with Crippen molar-refractivity contribution in [2.45, 2.75) is 6.10 Å². The Hall–Kier alpha value is -1.33. The minimum Gasteiger partial charge on any atom is -0.490 e. The first-order valence-electron chi connectivity index (χ1n) is 4.97. The molecule has 90 valence electrons. The highest BCUT2D eigenvalue weighted by Gasteiger charge is 2.12. The number of rotatable bonds is 4. The number of aliphatic hydroxyl groups excluding tert-OH is 1. The van der Waals surface area contributed by atoms with Gasteiger partial charge in [0.25, 0.3) is 0 Å². The van der Waals surface area contributed by atoms with Crippen LogP contribution in [0, 0.1) is 5.82 Å². The van der Waals surface area contributed by atoms with E-state index in [1.54, 1.807) is 24.3 Å². The van der Waals surface area contributed by atoms with Gasteiger partial charge in [-0.1, -0.05) is 6.07 Å². The molecule has 0 spiro atoms. The van der Waals surface area contributed by atoms with Crippen molar-refractivity contribution in [2.24, 2.45) is 0 Å². The lowest BCUT2D eigenvalue weighted by Gasteiger charge is -2.10. The van der Waals surface area contributed by atoms with Gasteiger partial charge in [-0.15, -0.1) is 0 Å². The van der Waals surface area contributed by atoms with E-state index < -0.39 is 6.10 Å². The molecule has 0 radical (unpaired) electrons. The fourth-order valence-electron chi connectivity index (χ4n) is 1.32. The van der Waals surface area contributed by atoms with E-state index in [9.17, 15) is 9.50 Å². The Morgan fingerprint density at radius 2 is 2.18 bits per heavy atom. The summed E-state index contributed by atoms with van der Waals surface area (Å²) in [6, 6.07) is 9.07. The molecule has 1 N–H and O–H groups in total. The SMILES string of the molecule is OC(COc1cccc(F)c1)c1ccc(Br)o1. The molecule has 5 heteroatoms. The molecule has 0 aliphatic heterocycles. The molecule has 1 unspecified atom stereocenters. The third-order valence-corrected chi connectivity index (χ3v) is 2.55. The molecule has 17 heavy (non-hydrogen) atoms. The topological polar surface area (TPSA) is 42.6 Å². The molecule has 1 aromatic heterocycles. The third kappa shape index (κ3) is 3.31. The smallest absolute Gasteiger partial charge is 0.169 e. The molecule has 0 bridgehead atoms. The summed E-state index contributed by atoms with van der Waals surface area (Å²) < 4.78 is 23.8. The van der Waals surface area contributed by atoms with Gasteiger partial charge in [0.1, 0.15) is 30.0 Å². The van der Waals surface area contributed by atoms with Crippen LogP contribution in [-0.2, 0) is 0 Å². The highest BCUT2D eigenvalue weighted by atomic mass is 79.9. The Labute approximate surface area is 106 Å². The van der Waals surface area contributed by atoms with Crippen molar-refractivity contribution in [2.75, 3.05) is 6.61 Å². The summed E-state index contributed by atoms with van der Waals surface area (Å²) in [5, 5.41) is 9.73. The largest absolute Gasteiger partial charge is 0.490 e. The van der Waals surface area contributed by atoms with Crippen LogP contribution in [0.15, 0.2) is 45.5 Å². The summed E-state index contributed by atoms with van der Waals surface area (Å²) in [5.41, 5.74) is 0. The van der Waals surface area contributed by atoms with Crippen molar-refractivity contribution in [3.05, 3.63) is 52.6 Å². The second kappa shape index (κ2) is 5.33. The van der Waals surface area contributed by atoms with Crippen LogP contribution in [0.3, 0.4) is 0 Å². The summed E-state index contributed by atoms with van der Waals surface area (Å²) in [5.74, 6) is 0.390. The van der Waals surface area contributed by atoms with E-state index in [2.05, 4.69) is 15.9 Å². The predicted molar refractivity (Wildman–Crippen MR) is 63.3 cm³/mol. The third-order valence-electron chi connectivity index (χ3n) is 2.13. The van der Waals surface area contributed by atoms with Crippen molar-refractivity contribution in [1.82, 2.24) is 0 Å². The minimum absolute atomic E-state index is 0.00338.